The molecule has 0 radical (unpaired) electrons. The number of carbonyl (C=O) groups excluding carboxylic acids is 1. The number of hydrogen-bond donors (Lipinski definition) is 1. The summed E-state index contributed by atoms with van der Waals surface area (Å²) in [4.78, 5) is 14.6. The smallest absolute Gasteiger partial charge is 0.168 e. The molecule has 2 aromatic carbocycles. The summed E-state index contributed by atoms with van der Waals surface area (Å²) in [6.45, 7) is 7.23. The van der Waals surface area contributed by atoms with E-state index in [1.54, 1.807) is 0 Å². The second-order valence-electron chi connectivity index (χ2n) is 8.34. The van der Waals surface area contributed by atoms with Crippen molar-refractivity contribution >= 4 is 17.5 Å². The highest BCUT2D eigenvalue weighted by Crippen LogP contribution is 2.33. The third kappa shape index (κ3) is 6.93. The maximum Gasteiger partial charge on any atom is 0.168 e. The molecule has 0 amide bonds. The number of carbonyl (C=O) groups is 1. The Hall–Kier alpha value is -4.22. The van der Waals surface area contributed by atoms with Crippen LogP contribution in [0.5, 0.6) is 0 Å². The van der Waals surface area contributed by atoms with Crippen LogP contribution in [0.1, 0.15) is 41.4 Å². The number of benzene rings is 2. The van der Waals surface area contributed by atoms with Gasteiger partial charge in [-0.15, -0.1) is 6.58 Å². The van der Waals surface area contributed by atoms with Crippen LogP contribution >= 0.6 is 0 Å². The number of aliphatic hydroxyl groups excluding tert-OH is 1. The number of nitrogens with zero attached hydrogens (tertiary/aromatic N) is 3. The van der Waals surface area contributed by atoms with E-state index in [1.807, 2.05) is 59.3 Å². The van der Waals surface area contributed by atoms with Gasteiger partial charge in [-0.3, -0.25) is 9.48 Å². The number of allylic oxidation sites excluding steroid dienone is 7. The van der Waals surface area contributed by atoms with Crippen molar-refractivity contribution in [1.29, 1.82) is 0 Å². The van der Waals surface area contributed by atoms with Crippen LogP contribution in [-0.2, 0) is 6.54 Å². The molecule has 5 heteroatoms. The highest BCUT2D eigenvalue weighted by atomic mass is 16.2. The fraction of sp³-hybridized carbons (Fsp3) is 0.188. The van der Waals surface area contributed by atoms with Crippen molar-refractivity contribution in [2.45, 2.75) is 26.3 Å². The monoisotopic (exact) mass is 493 g/mol. The maximum absolute atomic E-state index is 12.4. The normalized spacial score (nSPS) is 12.5. The summed E-state index contributed by atoms with van der Waals surface area (Å²) in [7, 11) is 1.00. The third-order valence-corrected chi connectivity index (χ3v) is 5.86. The van der Waals surface area contributed by atoms with Crippen LogP contribution < -0.4 is 4.90 Å². The fourth-order valence-electron chi connectivity index (χ4n) is 4.19. The van der Waals surface area contributed by atoms with Gasteiger partial charge < -0.3 is 10.0 Å². The highest BCUT2D eigenvalue weighted by Gasteiger charge is 2.21. The first-order valence-electron chi connectivity index (χ1n) is 12.5. The molecule has 0 saturated carbocycles. The number of rotatable bonds is 10. The zero-order chi connectivity index (χ0) is 26.5. The second kappa shape index (κ2) is 14.4. The summed E-state index contributed by atoms with van der Waals surface area (Å²) in [5.41, 5.74) is 6.44. The van der Waals surface area contributed by atoms with Crippen molar-refractivity contribution in [3.05, 3.63) is 127 Å². The van der Waals surface area contributed by atoms with Gasteiger partial charge in [0.15, 0.2) is 6.29 Å². The van der Waals surface area contributed by atoms with Crippen LogP contribution in [0.2, 0.25) is 0 Å². The first-order valence-corrected chi connectivity index (χ1v) is 12.5. The minimum absolute atomic E-state index is 0.496. The van der Waals surface area contributed by atoms with Gasteiger partial charge in [0.1, 0.15) is 11.4 Å². The molecule has 0 bridgehead atoms. The molecular weight excluding hydrogens is 458 g/mol. The summed E-state index contributed by atoms with van der Waals surface area (Å²) in [6.07, 6.45) is 19.2. The Morgan fingerprint density at radius 2 is 1.92 bits per heavy atom. The lowest BCUT2D eigenvalue weighted by Gasteiger charge is -2.19. The van der Waals surface area contributed by atoms with Crippen LogP contribution in [0, 0.1) is 0 Å². The van der Waals surface area contributed by atoms with Gasteiger partial charge >= 0.3 is 0 Å². The molecule has 5 nitrogen and oxygen atoms in total. The number of aldehydes is 1. The molecule has 0 unspecified atom stereocenters. The lowest BCUT2D eigenvalue weighted by Crippen LogP contribution is -2.16. The first kappa shape index (κ1) is 27.4. The molecule has 37 heavy (non-hydrogen) atoms. The average molecular weight is 494 g/mol. The molecule has 0 aliphatic heterocycles. The van der Waals surface area contributed by atoms with Gasteiger partial charge in [0.05, 0.1) is 6.54 Å². The van der Waals surface area contributed by atoms with E-state index in [-0.39, 0.29) is 0 Å². The largest absolute Gasteiger partial charge is 0.400 e. The topological polar surface area (TPSA) is 58.4 Å². The van der Waals surface area contributed by atoms with E-state index in [2.05, 4.69) is 67.1 Å². The van der Waals surface area contributed by atoms with E-state index < -0.39 is 0 Å². The van der Waals surface area contributed by atoms with Crippen molar-refractivity contribution < 1.29 is 9.90 Å². The fourth-order valence-corrected chi connectivity index (χ4v) is 4.19. The zero-order valence-corrected chi connectivity index (χ0v) is 21.6. The van der Waals surface area contributed by atoms with Crippen molar-refractivity contribution in [3.8, 4) is 11.3 Å². The molecule has 3 aromatic rings. The van der Waals surface area contributed by atoms with Crippen LogP contribution in [0.3, 0.4) is 0 Å². The molecular formula is C32H35N3O2. The molecule has 1 heterocycles. The average Bonchev–Trinajstić information content (AvgIpc) is 3.10. The predicted molar refractivity (Wildman–Crippen MR) is 155 cm³/mol. The Balaban J connectivity index is 0.00000186. The summed E-state index contributed by atoms with van der Waals surface area (Å²) < 4.78 is 1.83. The zero-order valence-electron chi connectivity index (χ0n) is 21.6. The standard InChI is InChI=1S/C31H31N3O.CH4O/c1-3-5-21-33(20-4-2)28-19-13-14-25(22-28)23-34-29(24-35)30(26-15-9-6-7-10-16-26)31(32-34)27-17-11-8-12-18-27;1-2/h4-9,11-19,21-22,24H,2-3,10,20,23H2,1H3;2H,1H3/b21-5-;. The van der Waals surface area contributed by atoms with Gasteiger partial charge in [-0.2, -0.15) is 5.10 Å². The highest BCUT2D eigenvalue weighted by molar-refractivity contribution is 5.93. The van der Waals surface area contributed by atoms with Crippen molar-refractivity contribution in [2.75, 3.05) is 18.6 Å². The Kier molecular flexibility index (Phi) is 10.6. The van der Waals surface area contributed by atoms with E-state index in [0.29, 0.717) is 12.2 Å². The molecule has 0 saturated heterocycles. The minimum Gasteiger partial charge on any atom is -0.400 e. The van der Waals surface area contributed by atoms with Crippen LogP contribution in [0.4, 0.5) is 5.69 Å². The first-order chi connectivity index (χ1) is 18.2. The lowest BCUT2D eigenvalue weighted by molar-refractivity contribution is 0.111. The number of anilines is 1. The predicted octanol–water partition coefficient (Wildman–Crippen LogP) is 6.84. The summed E-state index contributed by atoms with van der Waals surface area (Å²) in [5, 5.41) is 12.0. The SMILES string of the molecule is C=CCN(/C=C\CC)c1cccc(Cn2nc(-c3ccccc3)c(C3=CCC=CC=C3)c2C=O)c1.CO. The van der Waals surface area contributed by atoms with Crippen LogP contribution in [0.15, 0.2) is 110 Å². The Labute approximate surface area is 220 Å². The molecule has 0 fully saturated rings. The van der Waals surface area contributed by atoms with Gasteiger partial charge in [-0.1, -0.05) is 91.9 Å². The van der Waals surface area contributed by atoms with Crippen molar-refractivity contribution in [2.24, 2.45) is 0 Å². The van der Waals surface area contributed by atoms with E-state index in [9.17, 15) is 4.79 Å². The number of aliphatic hydroxyl groups is 1. The molecule has 4 rings (SSSR count). The molecule has 0 atom stereocenters. The van der Waals surface area contributed by atoms with Crippen molar-refractivity contribution in [3.63, 3.8) is 0 Å². The van der Waals surface area contributed by atoms with Gasteiger partial charge in [-0.05, 0) is 36.1 Å². The van der Waals surface area contributed by atoms with E-state index in [4.69, 9.17) is 10.2 Å². The molecule has 1 aromatic heterocycles. The molecule has 1 aliphatic carbocycles. The van der Waals surface area contributed by atoms with Gasteiger partial charge in [-0.25, -0.2) is 0 Å². The Bertz CT molecular complexity index is 1300. The maximum atomic E-state index is 12.4. The lowest BCUT2D eigenvalue weighted by atomic mass is 9.98. The summed E-state index contributed by atoms with van der Waals surface area (Å²) >= 11 is 0. The van der Waals surface area contributed by atoms with E-state index in [0.717, 1.165) is 66.4 Å². The molecule has 1 aliphatic rings. The van der Waals surface area contributed by atoms with Crippen LogP contribution in [-0.4, -0.2) is 34.8 Å². The van der Waals surface area contributed by atoms with Gasteiger partial charge in [0.2, 0.25) is 0 Å². The van der Waals surface area contributed by atoms with E-state index >= 15 is 0 Å². The summed E-state index contributed by atoms with van der Waals surface area (Å²) in [6, 6.07) is 18.4. The van der Waals surface area contributed by atoms with E-state index in [1.165, 1.54) is 0 Å². The number of aromatic nitrogens is 2. The minimum atomic E-state index is 0.496. The third-order valence-electron chi connectivity index (χ3n) is 5.86. The van der Waals surface area contributed by atoms with Crippen molar-refractivity contribution in [1.82, 2.24) is 9.78 Å². The Morgan fingerprint density at radius 1 is 1.11 bits per heavy atom. The van der Waals surface area contributed by atoms with Gasteiger partial charge in [0, 0.05) is 36.7 Å². The molecule has 190 valence electrons. The number of hydrogen-bond acceptors (Lipinski definition) is 4. The molecule has 0 spiro atoms. The van der Waals surface area contributed by atoms with Gasteiger partial charge in [0.25, 0.3) is 0 Å². The second-order valence-corrected chi connectivity index (χ2v) is 8.34. The quantitative estimate of drug-likeness (QED) is 0.248. The van der Waals surface area contributed by atoms with Crippen LogP contribution in [0.25, 0.3) is 16.8 Å². The molecule has 1 N–H and O–H groups in total. The summed E-state index contributed by atoms with van der Waals surface area (Å²) in [5.74, 6) is 0. The Morgan fingerprint density at radius 3 is 2.65 bits per heavy atom.